The molecule has 0 fully saturated rings. The highest BCUT2D eigenvalue weighted by atomic mass is 79.9. The lowest BCUT2D eigenvalue weighted by Gasteiger charge is -2.13. The van der Waals surface area contributed by atoms with Gasteiger partial charge in [0.15, 0.2) is 11.5 Å². The molecule has 5 nitrogen and oxygen atoms in total. The molecule has 3 rings (SSSR count). The van der Waals surface area contributed by atoms with Crippen LogP contribution in [0.3, 0.4) is 0 Å². The van der Waals surface area contributed by atoms with Crippen molar-refractivity contribution in [1.82, 2.24) is 4.98 Å². The van der Waals surface area contributed by atoms with Gasteiger partial charge >= 0.3 is 5.97 Å². The Bertz CT molecular complexity index is 995. The van der Waals surface area contributed by atoms with Gasteiger partial charge in [-0.05, 0) is 70.8 Å². The molecule has 0 aliphatic carbocycles. The van der Waals surface area contributed by atoms with E-state index in [-0.39, 0.29) is 6.42 Å². The number of aromatic nitrogens is 1. The molecule has 1 heterocycles. The van der Waals surface area contributed by atoms with Crippen LogP contribution in [-0.2, 0) is 4.79 Å². The van der Waals surface area contributed by atoms with Crippen LogP contribution in [0.5, 0.6) is 11.5 Å². The molecule has 0 unspecified atom stereocenters. The van der Waals surface area contributed by atoms with E-state index in [1.807, 2.05) is 49.4 Å². The fourth-order valence-electron chi connectivity index (χ4n) is 2.80. The third-order valence-electron chi connectivity index (χ3n) is 4.06. The second-order valence-corrected chi connectivity index (χ2v) is 7.90. The van der Waals surface area contributed by atoms with Crippen molar-refractivity contribution in [3.8, 4) is 11.5 Å². The van der Waals surface area contributed by atoms with Gasteiger partial charge in [-0.15, -0.1) is 11.3 Å². The zero-order valence-electron chi connectivity index (χ0n) is 15.6. The molecule has 0 radical (unpaired) electrons. The molecule has 28 heavy (non-hydrogen) atoms. The van der Waals surface area contributed by atoms with Gasteiger partial charge in [0.25, 0.3) is 0 Å². The number of thiazole rings is 1. The summed E-state index contributed by atoms with van der Waals surface area (Å²) in [5.74, 6) is 0.427. The maximum absolute atomic E-state index is 11.1. The van der Waals surface area contributed by atoms with Crippen LogP contribution in [0.25, 0.3) is 21.9 Å². The molecular formula is C21H20BrNO4S. The van der Waals surface area contributed by atoms with Crippen LogP contribution < -0.4 is 9.47 Å². The fraction of sp³-hybridized carbons (Fsp3) is 0.238. The van der Waals surface area contributed by atoms with E-state index < -0.39 is 5.97 Å². The van der Waals surface area contributed by atoms with Gasteiger partial charge in [-0.25, -0.2) is 4.98 Å². The summed E-state index contributed by atoms with van der Waals surface area (Å²) in [6.45, 7) is 2.44. The van der Waals surface area contributed by atoms with E-state index in [2.05, 4.69) is 20.9 Å². The first-order valence-corrected chi connectivity index (χ1v) is 10.4. The van der Waals surface area contributed by atoms with E-state index in [1.165, 1.54) is 0 Å². The van der Waals surface area contributed by atoms with Crippen molar-refractivity contribution >= 4 is 55.1 Å². The molecule has 0 bridgehead atoms. The summed E-state index contributed by atoms with van der Waals surface area (Å²) < 4.78 is 13.0. The average Bonchev–Trinajstić information content (AvgIpc) is 3.10. The number of benzene rings is 2. The molecule has 0 spiro atoms. The molecule has 1 aromatic heterocycles. The van der Waals surface area contributed by atoms with Crippen LogP contribution in [0, 0.1) is 0 Å². The Balaban J connectivity index is 2.05. The Morgan fingerprint density at radius 2 is 2.07 bits per heavy atom. The third kappa shape index (κ3) is 4.72. The van der Waals surface area contributed by atoms with Crippen LogP contribution in [0.1, 0.15) is 30.3 Å². The van der Waals surface area contributed by atoms with Crippen molar-refractivity contribution in [3.63, 3.8) is 0 Å². The molecule has 0 aliphatic rings. The van der Waals surface area contributed by atoms with Crippen molar-refractivity contribution < 1.29 is 19.4 Å². The van der Waals surface area contributed by atoms with Gasteiger partial charge < -0.3 is 14.6 Å². The molecular weight excluding hydrogens is 442 g/mol. The standard InChI is InChI=1S/C21H20BrNO4S/c1-3-27-20-15(22)11-13(12-17(20)26-2)10-14(8-9-19(24)25)21-23-16-6-4-5-7-18(16)28-21/h4-7,10-12H,3,8-9H2,1-2H3,(H,24,25)/b14-10+. The van der Waals surface area contributed by atoms with Crippen molar-refractivity contribution in [2.24, 2.45) is 0 Å². The number of nitrogens with zero attached hydrogens (tertiary/aromatic N) is 1. The van der Waals surface area contributed by atoms with Crippen molar-refractivity contribution in [2.45, 2.75) is 19.8 Å². The van der Waals surface area contributed by atoms with Gasteiger partial charge in [0.2, 0.25) is 0 Å². The second-order valence-electron chi connectivity index (χ2n) is 6.02. The van der Waals surface area contributed by atoms with Crippen molar-refractivity contribution in [1.29, 1.82) is 0 Å². The first kappa shape index (κ1) is 20.4. The third-order valence-corrected chi connectivity index (χ3v) is 5.76. The van der Waals surface area contributed by atoms with Gasteiger partial charge in [0.1, 0.15) is 5.01 Å². The van der Waals surface area contributed by atoms with Crippen LogP contribution in [0.4, 0.5) is 0 Å². The fourth-order valence-corrected chi connectivity index (χ4v) is 4.38. The van der Waals surface area contributed by atoms with Crippen LogP contribution >= 0.6 is 27.3 Å². The van der Waals surface area contributed by atoms with E-state index in [9.17, 15) is 4.79 Å². The summed E-state index contributed by atoms with van der Waals surface area (Å²) in [6.07, 6.45) is 2.39. The lowest BCUT2D eigenvalue weighted by molar-refractivity contribution is -0.136. The van der Waals surface area contributed by atoms with E-state index in [4.69, 9.17) is 14.6 Å². The normalized spacial score (nSPS) is 11.6. The van der Waals surface area contributed by atoms with Gasteiger partial charge in [-0.3, -0.25) is 4.79 Å². The number of carboxylic acid groups (broad SMARTS) is 1. The van der Waals surface area contributed by atoms with Crippen molar-refractivity contribution in [2.75, 3.05) is 13.7 Å². The zero-order valence-corrected chi connectivity index (χ0v) is 18.0. The Labute approximate surface area is 175 Å². The molecule has 7 heteroatoms. The van der Waals surface area contributed by atoms with Gasteiger partial charge in [0, 0.05) is 6.42 Å². The van der Waals surface area contributed by atoms with E-state index in [0.717, 1.165) is 30.8 Å². The number of fused-ring (bicyclic) bond motifs is 1. The molecule has 3 aromatic rings. The number of para-hydroxylation sites is 1. The maximum atomic E-state index is 11.1. The van der Waals surface area contributed by atoms with E-state index in [1.54, 1.807) is 18.4 Å². The topological polar surface area (TPSA) is 68.7 Å². The first-order chi connectivity index (χ1) is 13.5. The highest BCUT2D eigenvalue weighted by molar-refractivity contribution is 9.10. The first-order valence-electron chi connectivity index (χ1n) is 8.80. The lowest BCUT2D eigenvalue weighted by Crippen LogP contribution is -1.98. The molecule has 0 amide bonds. The highest BCUT2D eigenvalue weighted by Gasteiger charge is 2.14. The molecule has 0 aliphatic heterocycles. The smallest absolute Gasteiger partial charge is 0.303 e. The van der Waals surface area contributed by atoms with E-state index in [0.29, 0.717) is 24.5 Å². The monoisotopic (exact) mass is 461 g/mol. The molecule has 146 valence electrons. The van der Waals surface area contributed by atoms with Gasteiger partial charge in [0.05, 0.1) is 28.4 Å². The summed E-state index contributed by atoms with van der Waals surface area (Å²) in [6, 6.07) is 11.7. The summed E-state index contributed by atoms with van der Waals surface area (Å²) >= 11 is 5.10. The number of carboxylic acids is 1. The summed E-state index contributed by atoms with van der Waals surface area (Å²) in [4.78, 5) is 15.8. The number of hydrogen-bond acceptors (Lipinski definition) is 5. The maximum Gasteiger partial charge on any atom is 0.303 e. The number of methoxy groups -OCH3 is 1. The minimum atomic E-state index is -0.836. The quantitative estimate of drug-likeness (QED) is 0.453. The SMILES string of the molecule is CCOc1c(Br)cc(/C=C(\CCC(=O)O)c2nc3ccccc3s2)cc1OC. The minimum Gasteiger partial charge on any atom is -0.493 e. The number of ether oxygens (including phenoxy) is 2. The largest absolute Gasteiger partial charge is 0.493 e. The lowest BCUT2D eigenvalue weighted by atomic mass is 10.1. The number of rotatable bonds is 8. The second kappa shape index (κ2) is 9.21. The summed E-state index contributed by atoms with van der Waals surface area (Å²) in [5.41, 5.74) is 2.67. The Hall–Kier alpha value is -2.38. The highest BCUT2D eigenvalue weighted by Crippen LogP contribution is 2.38. The Morgan fingerprint density at radius 3 is 2.75 bits per heavy atom. The number of carbonyl (C=O) groups is 1. The van der Waals surface area contributed by atoms with E-state index >= 15 is 0 Å². The molecule has 1 N–H and O–H groups in total. The molecule has 0 atom stereocenters. The van der Waals surface area contributed by atoms with Crippen LogP contribution in [0.2, 0.25) is 0 Å². The van der Waals surface area contributed by atoms with Crippen LogP contribution in [-0.4, -0.2) is 29.8 Å². The average molecular weight is 462 g/mol. The molecule has 2 aromatic carbocycles. The summed E-state index contributed by atoms with van der Waals surface area (Å²) in [7, 11) is 1.59. The number of halogens is 1. The molecule has 0 saturated carbocycles. The predicted octanol–water partition coefficient (Wildman–Crippen LogP) is 5.87. The van der Waals surface area contributed by atoms with Crippen molar-refractivity contribution in [3.05, 3.63) is 51.4 Å². The van der Waals surface area contributed by atoms with Gasteiger partial charge in [-0.2, -0.15) is 0 Å². The zero-order chi connectivity index (χ0) is 20.1. The molecule has 0 saturated heterocycles. The summed E-state index contributed by atoms with van der Waals surface area (Å²) in [5, 5.41) is 9.97. The number of hydrogen-bond donors (Lipinski definition) is 1. The van der Waals surface area contributed by atoms with Crippen LogP contribution in [0.15, 0.2) is 40.9 Å². The number of aliphatic carboxylic acids is 1. The minimum absolute atomic E-state index is 0.0388. The Morgan fingerprint density at radius 1 is 1.29 bits per heavy atom. The predicted molar refractivity (Wildman–Crippen MR) is 116 cm³/mol. The Kier molecular flexibility index (Phi) is 6.70. The van der Waals surface area contributed by atoms with Gasteiger partial charge in [-0.1, -0.05) is 12.1 Å². The number of allylic oxidation sites excluding steroid dienone is 1.